The zero-order chi connectivity index (χ0) is 12.1. The van der Waals surface area contributed by atoms with Crippen LogP contribution in [0.25, 0.3) is 0 Å². The minimum atomic E-state index is 0.905. The van der Waals surface area contributed by atoms with Crippen molar-refractivity contribution in [1.82, 2.24) is 5.32 Å². The van der Waals surface area contributed by atoms with Crippen LogP contribution < -0.4 is 5.32 Å². The molecule has 2 unspecified atom stereocenters. The topological polar surface area (TPSA) is 12.0 Å². The minimum Gasteiger partial charge on any atom is -0.312 e. The average molecular weight is 231 g/mol. The molecule has 1 heteroatoms. The molecule has 0 radical (unpaired) electrons. The maximum absolute atomic E-state index is 3.63. The van der Waals surface area contributed by atoms with Crippen LogP contribution in [0.5, 0.6) is 0 Å². The Kier molecular flexibility index (Phi) is 4.61. The van der Waals surface area contributed by atoms with E-state index < -0.39 is 0 Å². The first-order valence-electron chi connectivity index (χ1n) is 7.01. The molecule has 2 atom stereocenters. The maximum Gasteiger partial charge on any atom is 0.0208 e. The zero-order valence-corrected chi connectivity index (χ0v) is 11.2. The molecule has 1 aliphatic rings. The first kappa shape index (κ1) is 12.6. The van der Waals surface area contributed by atoms with Crippen molar-refractivity contribution in [2.24, 2.45) is 11.8 Å². The van der Waals surface area contributed by atoms with Crippen LogP contribution in [0, 0.1) is 18.8 Å². The average Bonchev–Trinajstić information content (AvgIpc) is 2.32. The lowest BCUT2D eigenvalue weighted by molar-refractivity contribution is 0.274. The Morgan fingerprint density at radius 3 is 2.82 bits per heavy atom. The highest BCUT2D eigenvalue weighted by molar-refractivity contribution is 5.25. The number of nitrogens with one attached hydrogen (secondary N) is 1. The molecular weight excluding hydrogens is 206 g/mol. The third kappa shape index (κ3) is 3.85. The Hall–Kier alpha value is -0.820. The second kappa shape index (κ2) is 6.20. The highest BCUT2D eigenvalue weighted by atomic mass is 14.9. The number of hydrogen-bond donors (Lipinski definition) is 1. The molecule has 0 amide bonds. The quantitative estimate of drug-likeness (QED) is 0.828. The summed E-state index contributed by atoms with van der Waals surface area (Å²) in [5.74, 6) is 1.84. The van der Waals surface area contributed by atoms with Crippen LogP contribution in [-0.4, -0.2) is 6.54 Å². The Labute approximate surface area is 106 Å². The largest absolute Gasteiger partial charge is 0.312 e. The normalized spacial score (nSPS) is 24.8. The van der Waals surface area contributed by atoms with E-state index in [9.17, 15) is 0 Å². The summed E-state index contributed by atoms with van der Waals surface area (Å²) in [6.07, 6.45) is 5.71. The summed E-state index contributed by atoms with van der Waals surface area (Å²) in [5, 5.41) is 3.63. The third-order valence-electron chi connectivity index (χ3n) is 4.05. The van der Waals surface area contributed by atoms with Crippen LogP contribution in [0.4, 0.5) is 0 Å². The Balaban J connectivity index is 1.74. The monoisotopic (exact) mass is 231 g/mol. The smallest absolute Gasteiger partial charge is 0.0208 e. The molecule has 0 saturated heterocycles. The highest BCUT2D eigenvalue weighted by Gasteiger charge is 2.18. The number of benzene rings is 1. The molecular formula is C16H25N. The molecule has 0 aromatic heterocycles. The van der Waals surface area contributed by atoms with Gasteiger partial charge in [0.15, 0.2) is 0 Å². The molecule has 17 heavy (non-hydrogen) atoms. The van der Waals surface area contributed by atoms with Crippen LogP contribution in [-0.2, 0) is 6.54 Å². The molecule has 0 spiro atoms. The van der Waals surface area contributed by atoms with Crippen LogP contribution in [0.2, 0.25) is 0 Å². The molecule has 2 rings (SSSR count). The van der Waals surface area contributed by atoms with E-state index in [1.165, 1.54) is 43.4 Å². The van der Waals surface area contributed by atoms with Crippen LogP contribution in [0.1, 0.15) is 43.7 Å². The summed E-state index contributed by atoms with van der Waals surface area (Å²) in [5.41, 5.74) is 2.84. The van der Waals surface area contributed by atoms with Crippen molar-refractivity contribution in [3.63, 3.8) is 0 Å². The van der Waals surface area contributed by atoms with Crippen molar-refractivity contribution in [1.29, 1.82) is 0 Å². The molecule has 0 bridgehead atoms. The predicted molar refractivity (Wildman–Crippen MR) is 74.0 cm³/mol. The lowest BCUT2D eigenvalue weighted by atomic mass is 9.82. The van der Waals surface area contributed by atoms with E-state index in [2.05, 4.69) is 43.4 Å². The van der Waals surface area contributed by atoms with E-state index in [-0.39, 0.29) is 0 Å². The Morgan fingerprint density at radius 2 is 2.06 bits per heavy atom. The Morgan fingerprint density at radius 1 is 1.24 bits per heavy atom. The van der Waals surface area contributed by atoms with Gasteiger partial charge >= 0.3 is 0 Å². The van der Waals surface area contributed by atoms with Gasteiger partial charge in [-0.05, 0) is 49.3 Å². The van der Waals surface area contributed by atoms with Gasteiger partial charge in [0.25, 0.3) is 0 Å². The first-order chi connectivity index (χ1) is 8.25. The van der Waals surface area contributed by atoms with Gasteiger partial charge in [-0.3, -0.25) is 0 Å². The maximum atomic E-state index is 3.63. The summed E-state index contributed by atoms with van der Waals surface area (Å²) in [6.45, 7) is 6.81. The van der Waals surface area contributed by atoms with Gasteiger partial charge in [0.2, 0.25) is 0 Å². The first-order valence-corrected chi connectivity index (χ1v) is 7.01. The van der Waals surface area contributed by atoms with Crippen molar-refractivity contribution in [3.05, 3.63) is 35.4 Å². The van der Waals surface area contributed by atoms with Crippen LogP contribution in [0.3, 0.4) is 0 Å². The molecule has 1 aliphatic carbocycles. The van der Waals surface area contributed by atoms with Gasteiger partial charge < -0.3 is 5.32 Å². The Bertz CT molecular complexity index is 345. The van der Waals surface area contributed by atoms with Gasteiger partial charge in [0.1, 0.15) is 0 Å². The van der Waals surface area contributed by atoms with E-state index >= 15 is 0 Å². The predicted octanol–water partition coefficient (Wildman–Crippen LogP) is 3.91. The van der Waals surface area contributed by atoms with Crippen LogP contribution in [0.15, 0.2) is 24.3 Å². The number of aryl methyl sites for hydroxylation is 1. The standard InChI is InChI=1S/C16H25N/c1-13-6-5-8-15(10-13)11-17-12-16-9-4-3-7-14(16)2/h3-4,7,9,13,15,17H,5-6,8,10-12H2,1-2H3. The van der Waals surface area contributed by atoms with Crippen molar-refractivity contribution < 1.29 is 0 Å². The van der Waals surface area contributed by atoms with Gasteiger partial charge in [-0.2, -0.15) is 0 Å². The number of hydrogen-bond acceptors (Lipinski definition) is 1. The summed E-state index contributed by atoms with van der Waals surface area (Å²) in [7, 11) is 0. The second-order valence-electron chi connectivity index (χ2n) is 5.70. The van der Waals surface area contributed by atoms with Gasteiger partial charge in [0.05, 0.1) is 0 Å². The van der Waals surface area contributed by atoms with E-state index in [0.29, 0.717) is 0 Å². The second-order valence-corrected chi connectivity index (χ2v) is 5.70. The summed E-state index contributed by atoms with van der Waals surface area (Å²) >= 11 is 0. The highest BCUT2D eigenvalue weighted by Crippen LogP contribution is 2.27. The van der Waals surface area contributed by atoms with E-state index in [4.69, 9.17) is 0 Å². The van der Waals surface area contributed by atoms with Crippen LogP contribution >= 0.6 is 0 Å². The summed E-state index contributed by atoms with van der Waals surface area (Å²) in [4.78, 5) is 0. The summed E-state index contributed by atoms with van der Waals surface area (Å²) in [6, 6.07) is 8.67. The number of rotatable bonds is 4. The van der Waals surface area contributed by atoms with Gasteiger partial charge in [-0.15, -0.1) is 0 Å². The lowest BCUT2D eigenvalue weighted by Crippen LogP contribution is -2.26. The van der Waals surface area contributed by atoms with Crippen molar-refractivity contribution >= 4 is 0 Å². The molecule has 1 saturated carbocycles. The molecule has 1 aromatic rings. The zero-order valence-electron chi connectivity index (χ0n) is 11.2. The molecule has 94 valence electrons. The fourth-order valence-corrected chi connectivity index (χ4v) is 2.96. The fraction of sp³-hybridized carbons (Fsp3) is 0.625. The van der Waals surface area contributed by atoms with Crippen molar-refractivity contribution in [2.45, 2.75) is 46.1 Å². The van der Waals surface area contributed by atoms with Gasteiger partial charge in [-0.1, -0.05) is 44.0 Å². The lowest BCUT2D eigenvalue weighted by Gasteiger charge is -2.27. The molecule has 1 nitrogen and oxygen atoms in total. The van der Waals surface area contributed by atoms with E-state index in [0.717, 1.165) is 18.4 Å². The molecule has 0 heterocycles. The van der Waals surface area contributed by atoms with E-state index in [1.54, 1.807) is 0 Å². The van der Waals surface area contributed by atoms with Crippen molar-refractivity contribution in [2.75, 3.05) is 6.54 Å². The third-order valence-corrected chi connectivity index (χ3v) is 4.05. The van der Waals surface area contributed by atoms with Gasteiger partial charge in [0, 0.05) is 6.54 Å². The van der Waals surface area contributed by atoms with Crippen molar-refractivity contribution in [3.8, 4) is 0 Å². The van der Waals surface area contributed by atoms with Gasteiger partial charge in [-0.25, -0.2) is 0 Å². The van der Waals surface area contributed by atoms with E-state index in [1.807, 2.05) is 0 Å². The fourth-order valence-electron chi connectivity index (χ4n) is 2.96. The molecule has 1 N–H and O–H groups in total. The minimum absolute atomic E-state index is 0.905. The molecule has 0 aliphatic heterocycles. The summed E-state index contributed by atoms with van der Waals surface area (Å²) < 4.78 is 0. The SMILES string of the molecule is Cc1ccccc1CNCC1CCCC(C)C1. The molecule has 1 aromatic carbocycles. The molecule has 1 fully saturated rings.